The second-order valence-corrected chi connectivity index (χ2v) is 5.84. The molecule has 0 saturated heterocycles. The summed E-state index contributed by atoms with van der Waals surface area (Å²) in [6.45, 7) is 4.63. The Morgan fingerprint density at radius 2 is 2.00 bits per heavy atom. The summed E-state index contributed by atoms with van der Waals surface area (Å²) < 4.78 is 7.19. The van der Waals surface area contributed by atoms with Crippen molar-refractivity contribution in [3.8, 4) is 5.75 Å². The Kier molecular flexibility index (Phi) is 5.90. The summed E-state index contributed by atoms with van der Waals surface area (Å²) in [6, 6.07) is 5.93. The van der Waals surface area contributed by atoms with Crippen LogP contribution in [0, 0.1) is 11.8 Å². The summed E-state index contributed by atoms with van der Waals surface area (Å²) >= 11 is 0. The highest BCUT2D eigenvalue weighted by Crippen LogP contribution is 2.29. The zero-order valence-electron chi connectivity index (χ0n) is 14.1. The van der Waals surface area contributed by atoms with E-state index in [-0.39, 0.29) is 12.1 Å². The van der Waals surface area contributed by atoms with E-state index in [1.54, 1.807) is 4.57 Å². The third-order valence-electron chi connectivity index (χ3n) is 4.13. The highest BCUT2D eigenvalue weighted by atomic mass is 16.5. The first-order valence-electron chi connectivity index (χ1n) is 8.13. The molecule has 0 aliphatic rings. The van der Waals surface area contributed by atoms with Gasteiger partial charge in [-0.2, -0.15) is 4.91 Å². The minimum absolute atomic E-state index is 0.166. The molecule has 0 N–H and O–H groups in total. The molecule has 0 aliphatic carbocycles. The molecule has 1 aromatic heterocycles. The topological polar surface area (TPSA) is 60.7 Å². The average molecular weight is 316 g/mol. The van der Waals surface area contributed by atoms with Crippen molar-refractivity contribution < 1.29 is 4.74 Å². The highest BCUT2D eigenvalue weighted by Gasteiger charge is 2.17. The molecule has 1 heterocycles. The average Bonchev–Trinajstić information content (AvgIpc) is 2.54. The van der Waals surface area contributed by atoms with Gasteiger partial charge in [0.2, 0.25) is 0 Å². The lowest BCUT2D eigenvalue weighted by atomic mass is 10.1. The molecule has 2 rings (SSSR count). The van der Waals surface area contributed by atoms with Gasteiger partial charge in [-0.05, 0) is 25.5 Å². The van der Waals surface area contributed by atoms with Gasteiger partial charge in [0.15, 0.2) is 0 Å². The molecule has 23 heavy (non-hydrogen) atoms. The Morgan fingerprint density at radius 1 is 1.22 bits per heavy atom. The predicted octanol–water partition coefficient (Wildman–Crippen LogP) is 4.17. The van der Waals surface area contributed by atoms with Gasteiger partial charge in [-0.1, -0.05) is 43.0 Å². The van der Waals surface area contributed by atoms with Gasteiger partial charge in [0.25, 0.3) is 5.56 Å². The number of nitrogens with zero attached hydrogens (tertiary/aromatic N) is 2. The number of hydrogen-bond acceptors (Lipinski definition) is 4. The fourth-order valence-electron chi connectivity index (χ4n) is 2.95. The molecule has 0 unspecified atom stereocenters. The highest BCUT2D eigenvalue weighted by molar-refractivity contribution is 5.87. The van der Waals surface area contributed by atoms with Crippen molar-refractivity contribution in [1.29, 1.82) is 0 Å². The molecule has 0 amide bonds. The fourth-order valence-corrected chi connectivity index (χ4v) is 2.95. The predicted molar refractivity (Wildman–Crippen MR) is 93.1 cm³/mol. The molecular formula is C18H24N2O3. The van der Waals surface area contributed by atoms with Gasteiger partial charge in [0.1, 0.15) is 12.3 Å². The third kappa shape index (κ3) is 3.60. The van der Waals surface area contributed by atoms with E-state index in [9.17, 15) is 9.70 Å². The molecule has 1 aromatic carbocycles. The van der Waals surface area contributed by atoms with Crippen molar-refractivity contribution in [2.45, 2.75) is 52.6 Å². The van der Waals surface area contributed by atoms with Crippen molar-refractivity contribution in [3.63, 3.8) is 0 Å². The summed E-state index contributed by atoms with van der Waals surface area (Å²) in [7, 11) is 1.52. The van der Waals surface area contributed by atoms with Gasteiger partial charge in [-0.15, -0.1) is 0 Å². The standard InChI is InChI=1S/C18H24N2O3/c1-4-5-6-7-10-20-16-9-8-13(2)11-14(16)17(23-3)15(12-19-22)18(20)21/h8-9,11H,4-7,10,12H2,1-3H3. The van der Waals surface area contributed by atoms with Crippen LogP contribution >= 0.6 is 0 Å². The number of aromatic nitrogens is 1. The maximum absolute atomic E-state index is 12.8. The summed E-state index contributed by atoms with van der Waals surface area (Å²) in [6.07, 6.45) is 4.34. The van der Waals surface area contributed by atoms with Crippen molar-refractivity contribution in [3.05, 3.63) is 44.6 Å². The van der Waals surface area contributed by atoms with Crippen molar-refractivity contribution in [2.75, 3.05) is 7.11 Å². The van der Waals surface area contributed by atoms with Gasteiger partial charge < -0.3 is 9.30 Å². The Hall–Kier alpha value is -2.17. The van der Waals surface area contributed by atoms with E-state index in [1.165, 1.54) is 7.11 Å². The second kappa shape index (κ2) is 7.90. The number of ether oxygens (including phenoxy) is 1. The minimum Gasteiger partial charge on any atom is -0.495 e. The first-order valence-corrected chi connectivity index (χ1v) is 8.13. The van der Waals surface area contributed by atoms with Crippen LogP contribution in [0.15, 0.2) is 28.2 Å². The minimum atomic E-state index is -0.172. The molecule has 0 aliphatic heterocycles. The zero-order chi connectivity index (χ0) is 16.8. The molecular weight excluding hydrogens is 292 g/mol. The molecule has 5 nitrogen and oxygen atoms in total. The first-order chi connectivity index (χ1) is 11.1. The summed E-state index contributed by atoms with van der Waals surface area (Å²) in [5, 5.41) is 3.77. The third-order valence-corrected chi connectivity index (χ3v) is 4.13. The van der Waals surface area contributed by atoms with Crippen LogP contribution < -0.4 is 10.3 Å². The Labute approximate surface area is 136 Å². The molecule has 0 radical (unpaired) electrons. The zero-order valence-corrected chi connectivity index (χ0v) is 14.1. The molecule has 2 aromatic rings. The lowest BCUT2D eigenvalue weighted by molar-refractivity contribution is 0.412. The van der Waals surface area contributed by atoms with Crippen molar-refractivity contribution >= 4 is 10.9 Å². The van der Waals surface area contributed by atoms with Crippen LogP contribution in [0.4, 0.5) is 0 Å². The van der Waals surface area contributed by atoms with Gasteiger partial charge in [-0.25, -0.2) is 0 Å². The SMILES string of the molecule is CCCCCCn1c(=O)c(CN=O)c(OC)c2cc(C)ccc21. The number of aryl methyl sites for hydroxylation is 2. The molecule has 0 bridgehead atoms. The monoisotopic (exact) mass is 316 g/mol. The largest absolute Gasteiger partial charge is 0.495 e. The van der Waals surface area contributed by atoms with Crippen LogP contribution in [-0.4, -0.2) is 11.7 Å². The van der Waals surface area contributed by atoms with E-state index in [4.69, 9.17) is 4.74 Å². The van der Waals surface area contributed by atoms with E-state index in [0.717, 1.165) is 42.1 Å². The maximum atomic E-state index is 12.8. The number of pyridine rings is 1. The molecule has 124 valence electrons. The number of fused-ring (bicyclic) bond motifs is 1. The Morgan fingerprint density at radius 3 is 2.65 bits per heavy atom. The fraction of sp³-hybridized carbons (Fsp3) is 0.500. The van der Waals surface area contributed by atoms with E-state index in [0.29, 0.717) is 17.9 Å². The van der Waals surface area contributed by atoms with E-state index < -0.39 is 0 Å². The van der Waals surface area contributed by atoms with Gasteiger partial charge in [-0.3, -0.25) is 4.79 Å². The van der Waals surface area contributed by atoms with Crippen LogP contribution in [0.3, 0.4) is 0 Å². The van der Waals surface area contributed by atoms with Crippen LogP contribution in [0.1, 0.15) is 43.7 Å². The number of rotatable bonds is 8. The molecule has 0 fully saturated rings. The van der Waals surface area contributed by atoms with Crippen LogP contribution in [0.5, 0.6) is 5.75 Å². The molecule has 0 saturated carbocycles. The lowest BCUT2D eigenvalue weighted by Crippen LogP contribution is -2.25. The van der Waals surface area contributed by atoms with Gasteiger partial charge in [0.05, 0.1) is 18.2 Å². The van der Waals surface area contributed by atoms with Crippen molar-refractivity contribution in [2.24, 2.45) is 5.18 Å². The number of hydrogen-bond donors (Lipinski definition) is 0. The summed E-state index contributed by atoms with van der Waals surface area (Å²) in [4.78, 5) is 23.5. The number of unbranched alkanes of at least 4 members (excludes halogenated alkanes) is 3. The summed E-state index contributed by atoms with van der Waals surface area (Å²) in [5.74, 6) is 0.470. The van der Waals surface area contributed by atoms with E-state index >= 15 is 0 Å². The smallest absolute Gasteiger partial charge is 0.260 e. The van der Waals surface area contributed by atoms with Crippen LogP contribution in [0.2, 0.25) is 0 Å². The number of benzene rings is 1. The van der Waals surface area contributed by atoms with Gasteiger partial charge >= 0.3 is 0 Å². The second-order valence-electron chi connectivity index (χ2n) is 5.84. The molecule has 5 heteroatoms. The quantitative estimate of drug-likeness (QED) is 0.542. The Bertz CT molecular complexity index is 750. The van der Waals surface area contributed by atoms with Crippen LogP contribution in [0.25, 0.3) is 10.9 Å². The molecule has 0 spiro atoms. The molecule has 0 atom stereocenters. The number of nitroso groups, excluding NO2 is 1. The number of methoxy groups -OCH3 is 1. The van der Waals surface area contributed by atoms with E-state index in [1.807, 2.05) is 25.1 Å². The lowest BCUT2D eigenvalue weighted by Gasteiger charge is -2.16. The first kappa shape index (κ1) is 17.2. The van der Waals surface area contributed by atoms with Crippen molar-refractivity contribution in [1.82, 2.24) is 4.57 Å². The van der Waals surface area contributed by atoms with Crippen LogP contribution in [-0.2, 0) is 13.1 Å². The summed E-state index contributed by atoms with van der Waals surface area (Å²) in [5.41, 5.74) is 2.10. The van der Waals surface area contributed by atoms with Gasteiger partial charge in [0, 0.05) is 11.9 Å². The Balaban J connectivity index is 2.61. The normalized spacial score (nSPS) is 10.9. The van der Waals surface area contributed by atoms with E-state index in [2.05, 4.69) is 12.1 Å². The maximum Gasteiger partial charge on any atom is 0.260 e.